The normalized spacial score (nSPS) is 14.5. The van der Waals surface area contributed by atoms with E-state index in [9.17, 15) is 0 Å². The summed E-state index contributed by atoms with van der Waals surface area (Å²) in [6.07, 6.45) is 2.29. The Hall–Kier alpha value is 0.430. The number of hydrogen-bond acceptors (Lipinski definition) is 0. The van der Waals surface area contributed by atoms with Gasteiger partial charge in [0.1, 0.15) is 0 Å². The van der Waals surface area contributed by atoms with Crippen LogP contribution in [0.5, 0.6) is 0 Å². The van der Waals surface area contributed by atoms with Gasteiger partial charge in [0.15, 0.2) is 0 Å². The van der Waals surface area contributed by atoms with Gasteiger partial charge in [-0.2, -0.15) is 0 Å². The fraction of sp³-hybridized carbons (Fsp3) is 0.800. The Labute approximate surface area is 42.5 Å². The lowest BCUT2D eigenvalue weighted by Gasteiger charge is -1.95. The average Bonchev–Trinajstić information content (AvgIpc) is 1.35. The van der Waals surface area contributed by atoms with Crippen LogP contribution in [0.4, 0.5) is 0 Å². The highest BCUT2D eigenvalue weighted by atomic mass is 31.0. The quantitative estimate of drug-likeness (QED) is 0.468. The van der Waals surface area contributed by atoms with Crippen molar-refractivity contribution < 1.29 is 0 Å². The Balaban J connectivity index is 2.63. The van der Waals surface area contributed by atoms with Gasteiger partial charge in [-0.05, 0) is 12.1 Å². The third-order valence-corrected chi connectivity index (χ3v) is 0.993. The maximum atomic E-state index is 3.71. The molecule has 1 heteroatoms. The molecule has 0 fully saturated rings. The Kier molecular flexibility index (Phi) is 3.87. The van der Waals surface area contributed by atoms with Crippen LogP contribution in [0, 0.1) is 6.92 Å². The van der Waals surface area contributed by atoms with Crippen LogP contribution in [-0.4, -0.2) is 5.66 Å². The summed E-state index contributed by atoms with van der Waals surface area (Å²) < 4.78 is 0. The first-order valence-electron chi connectivity index (χ1n) is 2.32. The van der Waals surface area contributed by atoms with E-state index in [1.165, 1.54) is 6.42 Å². The Morgan fingerprint density at radius 3 is 2.33 bits per heavy atom. The SMILES string of the molecule is [CH2]CCC(C)P. The molecule has 0 heterocycles. The van der Waals surface area contributed by atoms with Crippen molar-refractivity contribution in [2.45, 2.75) is 25.4 Å². The van der Waals surface area contributed by atoms with Crippen LogP contribution in [0.25, 0.3) is 0 Å². The molecule has 37 valence electrons. The van der Waals surface area contributed by atoms with Crippen molar-refractivity contribution in [3.05, 3.63) is 6.92 Å². The second-order valence-electron chi connectivity index (χ2n) is 1.62. The molecule has 0 nitrogen and oxygen atoms in total. The zero-order valence-corrected chi connectivity index (χ0v) is 5.43. The van der Waals surface area contributed by atoms with E-state index < -0.39 is 0 Å². The molecular weight excluding hydrogens is 91.0 g/mol. The van der Waals surface area contributed by atoms with Gasteiger partial charge in [-0.15, -0.1) is 9.24 Å². The molecule has 0 saturated heterocycles. The van der Waals surface area contributed by atoms with Gasteiger partial charge in [-0.1, -0.05) is 20.3 Å². The molecule has 0 amide bonds. The van der Waals surface area contributed by atoms with Gasteiger partial charge in [0.05, 0.1) is 0 Å². The topological polar surface area (TPSA) is 0 Å². The molecule has 0 aromatic heterocycles. The predicted molar refractivity (Wildman–Crippen MR) is 33.8 cm³/mol. The summed E-state index contributed by atoms with van der Waals surface area (Å²) in [7, 11) is 2.74. The smallest absolute Gasteiger partial charge is 0.0293 e. The zero-order chi connectivity index (χ0) is 4.99. The maximum absolute atomic E-state index is 3.71. The summed E-state index contributed by atoms with van der Waals surface area (Å²) in [5, 5.41) is 0. The summed E-state index contributed by atoms with van der Waals surface area (Å²) >= 11 is 0. The molecule has 0 N–H and O–H groups in total. The van der Waals surface area contributed by atoms with Crippen molar-refractivity contribution in [1.29, 1.82) is 0 Å². The first-order valence-corrected chi connectivity index (χ1v) is 2.99. The first kappa shape index (κ1) is 6.43. The highest BCUT2D eigenvalue weighted by Gasteiger charge is 1.85. The second-order valence-corrected chi connectivity index (χ2v) is 2.76. The van der Waals surface area contributed by atoms with Crippen molar-refractivity contribution in [1.82, 2.24) is 0 Å². The average molecular weight is 103 g/mol. The summed E-state index contributed by atoms with van der Waals surface area (Å²) in [6.45, 7) is 5.89. The molecule has 0 rings (SSSR count). The molecule has 1 radical (unpaired) electrons. The first-order chi connectivity index (χ1) is 2.77. The van der Waals surface area contributed by atoms with E-state index in [2.05, 4.69) is 23.1 Å². The largest absolute Gasteiger partial charge is 0.135 e. The van der Waals surface area contributed by atoms with Gasteiger partial charge >= 0.3 is 0 Å². The van der Waals surface area contributed by atoms with E-state index in [1.807, 2.05) is 0 Å². The minimum atomic E-state index is 0.752. The fourth-order valence-corrected chi connectivity index (χ4v) is 0.558. The monoisotopic (exact) mass is 103 g/mol. The van der Waals surface area contributed by atoms with E-state index in [0.717, 1.165) is 12.1 Å². The lowest BCUT2D eigenvalue weighted by molar-refractivity contribution is 0.831. The lowest BCUT2D eigenvalue weighted by atomic mass is 10.3. The van der Waals surface area contributed by atoms with E-state index in [0.29, 0.717) is 0 Å². The van der Waals surface area contributed by atoms with Crippen LogP contribution in [0.2, 0.25) is 0 Å². The molecule has 0 bridgehead atoms. The molecule has 0 spiro atoms. The highest BCUT2D eigenvalue weighted by molar-refractivity contribution is 7.17. The van der Waals surface area contributed by atoms with Gasteiger partial charge in [0.25, 0.3) is 0 Å². The summed E-state index contributed by atoms with van der Waals surface area (Å²) in [5.41, 5.74) is 0.752. The molecule has 0 aliphatic rings. The minimum absolute atomic E-state index is 0.752. The number of hydrogen-bond donors (Lipinski definition) is 0. The van der Waals surface area contributed by atoms with Gasteiger partial charge in [-0.25, -0.2) is 0 Å². The van der Waals surface area contributed by atoms with Gasteiger partial charge < -0.3 is 0 Å². The molecule has 6 heavy (non-hydrogen) atoms. The standard InChI is InChI=1S/C5H12P/c1-3-4-5(2)6/h5H,1,3-4,6H2,2H3. The molecule has 0 aromatic rings. The van der Waals surface area contributed by atoms with E-state index in [4.69, 9.17) is 0 Å². The van der Waals surface area contributed by atoms with Crippen LogP contribution in [0.1, 0.15) is 19.8 Å². The zero-order valence-electron chi connectivity index (χ0n) is 4.28. The molecule has 0 aliphatic carbocycles. The predicted octanol–water partition coefficient (Wildman–Crippen LogP) is 1.86. The van der Waals surface area contributed by atoms with Crippen LogP contribution in [0.3, 0.4) is 0 Å². The molecule has 0 aromatic carbocycles. The molecular formula is C5H12P. The van der Waals surface area contributed by atoms with E-state index >= 15 is 0 Å². The Morgan fingerprint density at radius 1 is 1.83 bits per heavy atom. The molecule has 0 aliphatic heterocycles. The van der Waals surface area contributed by atoms with Crippen LogP contribution < -0.4 is 0 Å². The highest BCUT2D eigenvalue weighted by Crippen LogP contribution is 2.04. The van der Waals surface area contributed by atoms with Crippen LogP contribution >= 0.6 is 9.24 Å². The summed E-state index contributed by atoms with van der Waals surface area (Å²) in [5.74, 6) is 0. The third kappa shape index (κ3) is 4.43. The fourth-order valence-electron chi connectivity index (χ4n) is 0.322. The van der Waals surface area contributed by atoms with E-state index in [1.54, 1.807) is 0 Å². The minimum Gasteiger partial charge on any atom is -0.135 e. The van der Waals surface area contributed by atoms with Crippen LogP contribution in [0.15, 0.2) is 0 Å². The molecule has 0 saturated carbocycles. The van der Waals surface area contributed by atoms with Gasteiger partial charge in [0.2, 0.25) is 0 Å². The summed E-state index contributed by atoms with van der Waals surface area (Å²) in [6, 6.07) is 0. The van der Waals surface area contributed by atoms with Crippen molar-refractivity contribution in [3.8, 4) is 0 Å². The third-order valence-electron chi connectivity index (χ3n) is 0.659. The Morgan fingerprint density at radius 2 is 2.33 bits per heavy atom. The van der Waals surface area contributed by atoms with Crippen molar-refractivity contribution in [3.63, 3.8) is 0 Å². The van der Waals surface area contributed by atoms with Crippen molar-refractivity contribution in [2.24, 2.45) is 0 Å². The molecule has 2 atom stereocenters. The van der Waals surface area contributed by atoms with Gasteiger partial charge in [-0.3, -0.25) is 0 Å². The van der Waals surface area contributed by atoms with Crippen LogP contribution in [-0.2, 0) is 0 Å². The Bertz CT molecular complexity index is 25.1. The number of rotatable bonds is 2. The second kappa shape index (κ2) is 3.61. The maximum Gasteiger partial charge on any atom is -0.0293 e. The summed E-state index contributed by atoms with van der Waals surface area (Å²) in [4.78, 5) is 0. The molecule has 2 unspecified atom stereocenters. The van der Waals surface area contributed by atoms with Crippen molar-refractivity contribution >= 4 is 9.24 Å². The van der Waals surface area contributed by atoms with Crippen molar-refractivity contribution in [2.75, 3.05) is 0 Å². The lowest BCUT2D eigenvalue weighted by Crippen LogP contribution is -1.84. The van der Waals surface area contributed by atoms with E-state index in [-0.39, 0.29) is 0 Å². The van der Waals surface area contributed by atoms with Gasteiger partial charge in [0, 0.05) is 0 Å².